The molecule has 1 heterocycles. The number of hydrogen-bond acceptors (Lipinski definition) is 4. The highest BCUT2D eigenvalue weighted by Gasteiger charge is 2.28. The van der Waals surface area contributed by atoms with Gasteiger partial charge in [-0.05, 0) is 39.7 Å². The average molecular weight is 243 g/mol. The lowest BCUT2D eigenvalue weighted by Crippen LogP contribution is -2.44. The maximum atomic E-state index is 11.7. The number of rotatable bonds is 6. The van der Waals surface area contributed by atoms with E-state index in [0.29, 0.717) is 12.6 Å². The smallest absolute Gasteiger partial charge is 0.310 e. The van der Waals surface area contributed by atoms with Crippen LogP contribution in [0.25, 0.3) is 0 Å². The number of piperidine rings is 1. The van der Waals surface area contributed by atoms with Crippen LogP contribution in [-0.4, -0.2) is 50.3 Å². The molecule has 4 nitrogen and oxygen atoms in total. The zero-order valence-corrected chi connectivity index (χ0v) is 11.3. The zero-order valence-electron chi connectivity index (χ0n) is 11.3. The van der Waals surface area contributed by atoms with E-state index in [-0.39, 0.29) is 11.9 Å². The third kappa shape index (κ3) is 4.64. The fraction of sp³-hybridized carbons (Fsp3) is 0.923. The number of carbonyl (C=O) groups is 1. The van der Waals surface area contributed by atoms with Gasteiger partial charge < -0.3 is 9.47 Å². The Hall–Kier alpha value is -0.610. The van der Waals surface area contributed by atoms with Gasteiger partial charge in [0, 0.05) is 26.3 Å². The van der Waals surface area contributed by atoms with E-state index in [2.05, 4.69) is 11.8 Å². The number of nitrogens with zero attached hydrogens (tertiary/aromatic N) is 1. The third-order valence-corrected chi connectivity index (χ3v) is 3.44. The van der Waals surface area contributed by atoms with E-state index < -0.39 is 0 Å². The van der Waals surface area contributed by atoms with Crippen molar-refractivity contribution in [2.75, 3.05) is 33.4 Å². The molecule has 0 bridgehead atoms. The van der Waals surface area contributed by atoms with Crippen LogP contribution in [0.4, 0.5) is 0 Å². The molecule has 17 heavy (non-hydrogen) atoms. The molecular weight excluding hydrogens is 218 g/mol. The predicted octanol–water partition coefficient (Wildman–Crippen LogP) is 1.69. The van der Waals surface area contributed by atoms with Gasteiger partial charge in [-0.15, -0.1) is 0 Å². The molecule has 2 atom stereocenters. The van der Waals surface area contributed by atoms with Gasteiger partial charge in [0.25, 0.3) is 0 Å². The number of likely N-dealkylation sites (tertiary alicyclic amines) is 1. The van der Waals surface area contributed by atoms with Crippen LogP contribution in [-0.2, 0) is 14.3 Å². The van der Waals surface area contributed by atoms with Crippen LogP contribution in [0.2, 0.25) is 0 Å². The number of methoxy groups -OCH3 is 1. The first kappa shape index (κ1) is 14.5. The Morgan fingerprint density at radius 3 is 2.94 bits per heavy atom. The lowest BCUT2D eigenvalue weighted by atomic mass is 9.96. The van der Waals surface area contributed by atoms with Gasteiger partial charge in [0.1, 0.15) is 0 Å². The number of hydrogen-bond donors (Lipinski definition) is 0. The summed E-state index contributed by atoms with van der Waals surface area (Å²) in [5, 5.41) is 0. The van der Waals surface area contributed by atoms with Crippen LogP contribution < -0.4 is 0 Å². The molecule has 100 valence electrons. The van der Waals surface area contributed by atoms with Gasteiger partial charge in [0.05, 0.1) is 12.5 Å². The highest BCUT2D eigenvalue weighted by Crippen LogP contribution is 2.20. The summed E-state index contributed by atoms with van der Waals surface area (Å²) in [4.78, 5) is 14.1. The molecule has 1 aliphatic rings. The molecule has 1 saturated heterocycles. The normalized spacial score (nSPS) is 23.4. The first-order valence-corrected chi connectivity index (χ1v) is 6.58. The van der Waals surface area contributed by atoms with Crippen LogP contribution >= 0.6 is 0 Å². The van der Waals surface area contributed by atoms with Crippen molar-refractivity contribution in [1.29, 1.82) is 0 Å². The molecule has 0 spiro atoms. The Balaban J connectivity index is 2.39. The molecule has 1 aliphatic heterocycles. The molecule has 0 aromatic heterocycles. The van der Waals surface area contributed by atoms with Gasteiger partial charge in [0.2, 0.25) is 0 Å². The van der Waals surface area contributed by atoms with Crippen molar-refractivity contribution in [3.05, 3.63) is 0 Å². The molecule has 0 saturated carbocycles. The molecule has 1 unspecified atom stereocenters. The Kier molecular flexibility index (Phi) is 6.52. The summed E-state index contributed by atoms with van der Waals surface area (Å²) in [7, 11) is 1.73. The molecule has 4 heteroatoms. The summed E-state index contributed by atoms with van der Waals surface area (Å²) in [6, 6.07) is 0.479. The molecule has 0 aliphatic carbocycles. The Bertz CT molecular complexity index is 233. The van der Waals surface area contributed by atoms with Crippen LogP contribution in [0, 0.1) is 5.92 Å². The SMILES string of the molecule is CCOC(=O)[C@H]1CCCN(C(C)CCOC)C1. The molecule has 0 radical (unpaired) electrons. The highest BCUT2D eigenvalue weighted by molar-refractivity contribution is 5.72. The lowest BCUT2D eigenvalue weighted by molar-refractivity contribution is -0.150. The van der Waals surface area contributed by atoms with E-state index in [9.17, 15) is 4.79 Å². The number of carbonyl (C=O) groups excluding carboxylic acids is 1. The largest absolute Gasteiger partial charge is 0.466 e. The van der Waals surface area contributed by atoms with E-state index in [1.54, 1.807) is 7.11 Å². The quantitative estimate of drug-likeness (QED) is 0.665. The van der Waals surface area contributed by atoms with Gasteiger partial charge in [0.15, 0.2) is 0 Å². The van der Waals surface area contributed by atoms with Crippen LogP contribution in [0.1, 0.15) is 33.1 Å². The second-order valence-corrected chi connectivity index (χ2v) is 4.72. The van der Waals surface area contributed by atoms with E-state index in [4.69, 9.17) is 9.47 Å². The second kappa shape index (κ2) is 7.67. The molecule has 1 fully saturated rings. The van der Waals surface area contributed by atoms with Crippen molar-refractivity contribution in [2.45, 2.75) is 39.2 Å². The molecular formula is C13H25NO3. The first-order chi connectivity index (χ1) is 8.19. The van der Waals surface area contributed by atoms with Crippen LogP contribution in [0.3, 0.4) is 0 Å². The van der Waals surface area contributed by atoms with Gasteiger partial charge in [-0.1, -0.05) is 0 Å². The minimum atomic E-state index is -0.0314. The minimum Gasteiger partial charge on any atom is -0.466 e. The van der Waals surface area contributed by atoms with Crippen molar-refractivity contribution in [2.24, 2.45) is 5.92 Å². The van der Waals surface area contributed by atoms with E-state index >= 15 is 0 Å². The number of ether oxygens (including phenoxy) is 2. The Morgan fingerprint density at radius 1 is 1.53 bits per heavy atom. The van der Waals surface area contributed by atoms with Crippen molar-refractivity contribution >= 4 is 5.97 Å². The summed E-state index contributed by atoms with van der Waals surface area (Å²) in [6.07, 6.45) is 3.07. The fourth-order valence-electron chi connectivity index (χ4n) is 2.33. The monoisotopic (exact) mass is 243 g/mol. The van der Waals surface area contributed by atoms with E-state index in [1.807, 2.05) is 6.92 Å². The van der Waals surface area contributed by atoms with Gasteiger partial charge in [-0.3, -0.25) is 9.69 Å². The molecule has 0 N–H and O–H groups in total. The lowest BCUT2D eigenvalue weighted by Gasteiger charge is -2.35. The molecule has 0 aromatic rings. The summed E-state index contributed by atoms with van der Waals surface area (Å²) >= 11 is 0. The summed E-state index contributed by atoms with van der Waals surface area (Å²) in [5.74, 6) is 0.0323. The van der Waals surface area contributed by atoms with E-state index in [0.717, 1.165) is 39.0 Å². The predicted molar refractivity (Wildman–Crippen MR) is 66.9 cm³/mol. The van der Waals surface area contributed by atoms with Crippen molar-refractivity contribution in [3.8, 4) is 0 Å². The van der Waals surface area contributed by atoms with Gasteiger partial charge >= 0.3 is 5.97 Å². The standard InChI is InChI=1S/C13H25NO3/c1-4-17-13(15)12-6-5-8-14(10-12)11(2)7-9-16-3/h11-12H,4-10H2,1-3H3/t11?,12-/m0/s1. The summed E-state index contributed by atoms with van der Waals surface area (Å²) in [6.45, 7) is 7.24. The topological polar surface area (TPSA) is 38.8 Å². The zero-order chi connectivity index (χ0) is 12.7. The van der Waals surface area contributed by atoms with Crippen molar-refractivity contribution in [3.63, 3.8) is 0 Å². The van der Waals surface area contributed by atoms with Crippen LogP contribution in [0.15, 0.2) is 0 Å². The molecule has 0 aromatic carbocycles. The highest BCUT2D eigenvalue weighted by atomic mass is 16.5. The second-order valence-electron chi connectivity index (χ2n) is 4.72. The summed E-state index contributed by atoms with van der Waals surface area (Å²) < 4.78 is 10.2. The number of esters is 1. The summed E-state index contributed by atoms with van der Waals surface area (Å²) in [5.41, 5.74) is 0. The van der Waals surface area contributed by atoms with Gasteiger partial charge in [-0.2, -0.15) is 0 Å². The fourth-order valence-corrected chi connectivity index (χ4v) is 2.33. The first-order valence-electron chi connectivity index (χ1n) is 6.58. The molecule has 1 rings (SSSR count). The van der Waals surface area contributed by atoms with Crippen LogP contribution in [0.5, 0.6) is 0 Å². The maximum absolute atomic E-state index is 11.7. The minimum absolute atomic E-state index is 0.0314. The Labute approximate surface area is 104 Å². The van der Waals surface area contributed by atoms with Gasteiger partial charge in [-0.25, -0.2) is 0 Å². The molecule has 0 amide bonds. The third-order valence-electron chi connectivity index (χ3n) is 3.44. The Morgan fingerprint density at radius 2 is 2.29 bits per heavy atom. The van der Waals surface area contributed by atoms with Crippen molar-refractivity contribution < 1.29 is 14.3 Å². The van der Waals surface area contributed by atoms with Crippen molar-refractivity contribution in [1.82, 2.24) is 4.90 Å². The maximum Gasteiger partial charge on any atom is 0.310 e. The van der Waals surface area contributed by atoms with E-state index in [1.165, 1.54) is 0 Å². The average Bonchev–Trinajstić information content (AvgIpc) is 2.36.